The summed E-state index contributed by atoms with van der Waals surface area (Å²) in [7, 11) is 0. The van der Waals surface area contributed by atoms with Gasteiger partial charge in [-0.3, -0.25) is 4.90 Å². The van der Waals surface area contributed by atoms with Crippen LogP contribution in [-0.2, 0) is 4.74 Å². The summed E-state index contributed by atoms with van der Waals surface area (Å²) in [6.07, 6.45) is 12.8. The molecule has 0 amide bonds. The van der Waals surface area contributed by atoms with Crippen LogP contribution in [0.1, 0.15) is 72.6 Å². The molecule has 4 aliphatic rings. The van der Waals surface area contributed by atoms with E-state index in [0.717, 1.165) is 18.6 Å². The Balaban J connectivity index is 1.19. The molecule has 0 N–H and O–H groups in total. The van der Waals surface area contributed by atoms with Gasteiger partial charge < -0.3 is 9.64 Å². The molecular weight excluding hydrogens is 332 g/mol. The molecule has 3 fully saturated rings. The van der Waals surface area contributed by atoms with Gasteiger partial charge in [-0.2, -0.15) is 0 Å². The van der Waals surface area contributed by atoms with E-state index in [0.29, 0.717) is 16.9 Å². The van der Waals surface area contributed by atoms with Gasteiger partial charge in [-0.15, -0.1) is 0 Å². The average molecular weight is 375 g/mol. The number of nitrogens with zero attached hydrogens (tertiary/aromatic N) is 2. The van der Waals surface area contributed by atoms with Crippen molar-refractivity contribution in [2.75, 3.05) is 39.3 Å². The van der Waals surface area contributed by atoms with Crippen LogP contribution in [0.4, 0.5) is 0 Å². The molecule has 27 heavy (non-hydrogen) atoms. The van der Waals surface area contributed by atoms with E-state index in [9.17, 15) is 0 Å². The fourth-order valence-electron chi connectivity index (χ4n) is 5.69. The van der Waals surface area contributed by atoms with Crippen LogP contribution in [0.15, 0.2) is 11.6 Å². The Bertz CT molecular complexity index is 533. The van der Waals surface area contributed by atoms with E-state index in [4.69, 9.17) is 4.74 Å². The minimum atomic E-state index is 0.375. The van der Waals surface area contributed by atoms with E-state index in [1.165, 1.54) is 77.7 Å². The molecule has 2 saturated carbocycles. The van der Waals surface area contributed by atoms with E-state index < -0.39 is 0 Å². The van der Waals surface area contributed by atoms with Crippen molar-refractivity contribution >= 4 is 0 Å². The van der Waals surface area contributed by atoms with Crippen molar-refractivity contribution in [3.8, 4) is 0 Å². The molecule has 0 aromatic rings. The first-order valence-electron chi connectivity index (χ1n) is 11.7. The van der Waals surface area contributed by atoms with Gasteiger partial charge >= 0.3 is 0 Å². The summed E-state index contributed by atoms with van der Waals surface area (Å²) in [4.78, 5) is 5.53. The molecule has 0 radical (unpaired) electrons. The summed E-state index contributed by atoms with van der Waals surface area (Å²) in [6, 6.07) is 0.871. The highest BCUT2D eigenvalue weighted by Gasteiger charge is 2.50. The standard InChI is InChI=1S/C24H42N2O/c1-19(2)21-5-11-26(12-6-21)22-15-23(16-22)9-13-25(14-10-23)17-24(7-8-24)18-27-20(3)4/h5,19-20,22H,6-18H2,1-4H3. The Labute approximate surface area is 167 Å². The average Bonchev–Trinajstić information content (AvgIpc) is 3.39. The maximum atomic E-state index is 5.95. The minimum absolute atomic E-state index is 0.375. The Morgan fingerprint density at radius 1 is 1.04 bits per heavy atom. The molecule has 4 rings (SSSR count). The second-order valence-electron chi connectivity index (χ2n) is 10.9. The largest absolute Gasteiger partial charge is 0.378 e. The van der Waals surface area contributed by atoms with Crippen LogP contribution in [0.25, 0.3) is 0 Å². The van der Waals surface area contributed by atoms with Crippen molar-refractivity contribution < 1.29 is 4.74 Å². The topological polar surface area (TPSA) is 15.7 Å². The summed E-state index contributed by atoms with van der Waals surface area (Å²) in [5, 5.41) is 0. The molecule has 154 valence electrons. The molecule has 2 heterocycles. The van der Waals surface area contributed by atoms with E-state index >= 15 is 0 Å². The normalized spacial score (nSPS) is 28.6. The lowest BCUT2D eigenvalue weighted by molar-refractivity contribution is -0.0474. The Hall–Kier alpha value is -0.380. The molecule has 0 bridgehead atoms. The van der Waals surface area contributed by atoms with Gasteiger partial charge in [0.2, 0.25) is 0 Å². The molecular formula is C24H42N2O. The molecule has 0 aromatic carbocycles. The van der Waals surface area contributed by atoms with Gasteiger partial charge in [-0.05, 0) is 83.2 Å². The summed E-state index contributed by atoms with van der Waals surface area (Å²) < 4.78 is 5.95. The van der Waals surface area contributed by atoms with Gasteiger partial charge in [-0.1, -0.05) is 25.5 Å². The molecule has 2 aliphatic heterocycles. The van der Waals surface area contributed by atoms with Crippen molar-refractivity contribution in [2.45, 2.75) is 84.8 Å². The first-order chi connectivity index (χ1) is 12.9. The summed E-state index contributed by atoms with van der Waals surface area (Å²) in [6.45, 7) is 16.4. The number of likely N-dealkylation sites (tertiary alicyclic amines) is 1. The van der Waals surface area contributed by atoms with E-state index in [1.807, 2.05) is 0 Å². The lowest BCUT2D eigenvalue weighted by atomic mass is 9.59. The van der Waals surface area contributed by atoms with Crippen molar-refractivity contribution in [1.82, 2.24) is 9.80 Å². The first kappa shape index (κ1) is 19.9. The van der Waals surface area contributed by atoms with Gasteiger partial charge in [0.15, 0.2) is 0 Å². The number of hydrogen-bond acceptors (Lipinski definition) is 3. The second-order valence-corrected chi connectivity index (χ2v) is 10.9. The van der Waals surface area contributed by atoms with Crippen LogP contribution in [0, 0.1) is 16.7 Å². The van der Waals surface area contributed by atoms with Gasteiger partial charge in [0.05, 0.1) is 12.7 Å². The number of hydrogen-bond donors (Lipinski definition) is 0. The van der Waals surface area contributed by atoms with Crippen LogP contribution < -0.4 is 0 Å². The molecule has 1 spiro atoms. The third kappa shape index (κ3) is 4.62. The zero-order valence-corrected chi connectivity index (χ0v) is 18.3. The van der Waals surface area contributed by atoms with Crippen molar-refractivity contribution in [2.24, 2.45) is 16.7 Å². The Morgan fingerprint density at radius 2 is 1.74 bits per heavy atom. The van der Waals surface area contributed by atoms with Crippen LogP contribution in [0.2, 0.25) is 0 Å². The predicted octanol–water partition coefficient (Wildman–Crippen LogP) is 4.72. The van der Waals surface area contributed by atoms with Gasteiger partial charge in [0.25, 0.3) is 0 Å². The quantitative estimate of drug-likeness (QED) is 0.600. The number of ether oxygens (including phenoxy) is 1. The van der Waals surface area contributed by atoms with Crippen LogP contribution in [0.3, 0.4) is 0 Å². The zero-order chi connectivity index (χ0) is 19.1. The summed E-state index contributed by atoms with van der Waals surface area (Å²) >= 11 is 0. The fraction of sp³-hybridized carbons (Fsp3) is 0.917. The number of piperidine rings is 1. The minimum Gasteiger partial charge on any atom is -0.378 e. The van der Waals surface area contributed by atoms with Crippen molar-refractivity contribution in [3.63, 3.8) is 0 Å². The molecule has 0 atom stereocenters. The third-order valence-electron chi connectivity index (χ3n) is 8.03. The van der Waals surface area contributed by atoms with Crippen LogP contribution in [0.5, 0.6) is 0 Å². The second kappa shape index (κ2) is 7.80. The highest BCUT2D eigenvalue weighted by Crippen LogP contribution is 2.53. The predicted molar refractivity (Wildman–Crippen MR) is 113 cm³/mol. The first-order valence-corrected chi connectivity index (χ1v) is 11.7. The van der Waals surface area contributed by atoms with Crippen LogP contribution >= 0.6 is 0 Å². The molecule has 2 aliphatic carbocycles. The van der Waals surface area contributed by atoms with Crippen LogP contribution in [-0.4, -0.2) is 61.3 Å². The summed E-state index contributed by atoms with van der Waals surface area (Å²) in [5.41, 5.74) is 2.88. The van der Waals surface area contributed by atoms with E-state index in [2.05, 4.69) is 43.6 Å². The van der Waals surface area contributed by atoms with Crippen molar-refractivity contribution in [3.05, 3.63) is 11.6 Å². The zero-order valence-electron chi connectivity index (χ0n) is 18.3. The molecule has 3 heteroatoms. The molecule has 3 nitrogen and oxygen atoms in total. The molecule has 0 aromatic heterocycles. The van der Waals surface area contributed by atoms with Gasteiger partial charge in [0.1, 0.15) is 0 Å². The SMILES string of the molecule is CC(C)OCC1(CN2CCC3(CC2)CC(N2CC=C(C(C)C)CC2)C3)CC1. The van der Waals surface area contributed by atoms with E-state index in [1.54, 1.807) is 5.57 Å². The van der Waals surface area contributed by atoms with Crippen molar-refractivity contribution in [1.29, 1.82) is 0 Å². The third-order valence-corrected chi connectivity index (χ3v) is 8.03. The molecule has 1 saturated heterocycles. The lowest BCUT2D eigenvalue weighted by Crippen LogP contribution is -2.56. The monoisotopic (exact) mass is 374 g/mol. The highest BCUT2D eigenvalue weighted by atomic mass is 16.5. The highest BCUT2D eigenvalue weighted by molar-refractivity contribution is 5.12. The Kier molecular flexibility index (Phi) is 5.75. The smallest absolute Gasteiger partial charge is 0.0538 e. The summed E-state index contributed by atoms with van der Waals surface area (Å²) in [5.74, 6) is 0.741. The maximum Gasteiger partial charge on any atom is 0.0538 e. The van der Waals surface area contributed by atoms with E-state index in [-0.39, 0.29) is 0 Å². The van der Waals surface area contributed by atoms with Gasteiger partial charge in [0, 0.05) is 31.1 Å². The van der Waals surface area contributed by atoms with Gasteiger partial charge in [-0.25, -0.2) is 0 Å². The maximum absolute atomic E-state index is 5.95. The number of rotatable bonds is 7. The molecule has 0 unspecified atom stereocenters. The Morgan fingerprint density at radius 3 is 2.26 bits per heavy atom. The fourth-order valence-corrected chi connectivity index (χ4v) is 5.69. The lowest BCUT2D eigenvalue weighted by Gasteiger charge is -2.56.